The number of carbonyl (C=O) groups is 2. The normalized spacial score (nSPS) is 15.8. The zero-order valence-corrected chi connectivity index (χ0v) is 16.4. The van der Waals surface area contributed by atoms with Gasteiger partial charge in [-0.05, 0) is 38.8 Å². The highest BCUT2D eigenvalue weighted by Crippen LogP contribution is 2.19. The Morgan fingerprint density at radius 3 is 2.57 bits per heavy atom. The van der Waals surface area contributed by atoms with Gasteiger partial charge in [-0.3, -0.25) is 9.59 Å². The van der Waals surface area contributed by atoms with Crippen LogP contribution in [0.25, 0.3) is 0 Å². The fourth-order valence-corrected chi connectivity index (χ4v) is 3.13. The lowest BCUT2D eigenvalue weighted by Crippen LogP contribution is -2.34. The predicted octanol–water partition coefficient (Wildman–Crippen LogP) is 3.40. The maximum Gasteiger partial charge on any atom is 0.230 e. The smallest absolute Gasteiger partial charge is 0.230 e. The third kappa shape index (κ3) is 6.02. The molecule has 2 aromatic rings. The summed E-state index contributed by atoms with van der Waals surface area (Å²) < 4.78 is 30.9. The Balaban J connectivity index is 0.000000203. The molecule has 0 aliphatic carbocycles. The number of rotatable bonds is 5. The van der Waals surface area contributed by atoms with E-state index in [1.54, 1.807) is 0 Å². The molecule has 1 atom stereocenters. The van der Waals surface area contributed by atoms with Crippen molar-refractivity contribution in [1.82, 2.24) is 15.4 Å². The summed E-state index contributed by atoms with van der Waals surface area (Å²) in [6.45, 7) is 4.65. The third-order valence-electron chi connectivity index (χ3n) is 4.34. The highest BCUT2D eigenvalue weighted by atomic mass is 35.5. The van der Waals surface area contributed by atoms with E-state index in [1.165, 1.54) is 0 Å². The lowest BCUT2D eigenvalue weighted by molar-refractivity contribution is -0.131. The molecule has 152 valence electrons. The lowest BCUT2D eigenvalue weighted by atomic mass is 10.2. The van der Waals surface area contributed by atoms with Gasteiger partial charge in [-0.1, -0.05) is 16.8 Å². The van der Waals surface area contributed by atoms with Gasteiger partial charge in [0.05, 0.1) is 12.1 Å². The van der Waals surface area contributed by atoms with Crippen molar-refractivity contribution in [3.8, 4) is 0 Å². The monoisotopic (exact) mass is 413 g/mol. The summed E-state index contributed by atoms with van der Waals surface area (Å²) in [5.74, 6) is -0.716. The molecule has 1 aromatic carbocycles. The number of benzene rings is 1. The summed E-state index contributed by atoms with van der Waals surface area (Å²) in [6, 6.07) is 4.18. The van der Waals surface area contributed by atoms with E-state index >= 15 is 0 Å². The van der Waals surface area contributed by atoms with Gasteiger partial charge in [0.2, 0.25) is 12.3 Å². The number of amides is 2. The molecule has 3 rings (SSSR count). The Kier molecular flexibility index (Phi) is 7.92. The second-order valence-electron chi connectivity index (χ2n) is 6.54. The molecule has 2 amide bonds. The van der Waals surface area contributed by atoms with Crippen molar-refractivity contribution in [2.45, 2.75) is 45.7 Å². The molecule has 1 N–H and O–H groups in total. The van der Waals surface area contributed by atoms with Crippen LogP contribution >= 0.6 is 11.6 Å². The van der Waals surface area contributed by atoms with Crippen LogP contribution in [0.3, 0.4) is 0 Å². The molecule has 0 spiro atoms. The summed E-state index contributed by atoms with van der Waals surface area (Å²) in [4.78, 5) is 23.7. The van der Waals surface area contributed by atoms with Crippen LogP contribution in [0.1, 0.15) is 36.8 Å². The number of hydrogen-bond acceptors (Lipinski definition) is 4. The number of aryl methyl sites for hydroxylation is 1. The van der Waals surface area contributed by atoms with E-state index < -0.39 is 11.6 Å². The lowest BCUT2D eigenvalue weighted by Gasteiger charge is -2.20. The number of halogens is 3. The number of aromatic nitrogens is 1. The minimum absolute atomic E-state index is 0.00940. The van der Waals surface area contributed by atoms with Crippen LogP contribution in [-0.2, 0) is 22.6 Å². The Labute approximate surface area is 166 Å². The van der Waals surface area contributed by atoms with Crippen molar-refractivity contribution >= 4 is 23.9 Å². The van der Waals surface area contributed by atoms with E-state index in [1.807, 2.05) is 17.9 Å². The van der Waals surface area contributed by atoms with Crippen LogP contribution in [0, 0.1) is 18.6 Å². The summed E-state index contributed by atoms with van der Waals surface area (Å²) in [6.07, 6.45) is 2.93. The van der Waals surface area contributed by atoms with Gasteiger partial charge < -0.3 is 14.7 Å². The average molecular weight is 414 g/mol. The standard InChI is InChI=1S/C11H16N2O2.C8H6ClF2NO/c1-8-6-10(15-12-8)7-11(14)13-5-3-4-9(13)2;9-5-1-7(10)6(3-12-4-13)8(11)2-5/h6,9H,3-5,7H2,1-2H3;1-2,4H,3H2,(H,12,13). The van der Waals surface area contributed by atoms with Gasteiger partial charge in [-0.15, -0.1) is 0 Å². The number of nitrogens with zero attached hydrogens (tertiary/aromatic N) is 2. The maximum atomic E-state index is 13.0. The number of carbonyl (C=O) groups excluding carboxylic acids is 2. The van der Waals surface area contributed by atoms with Crippen molar-refractivity contribution < 1.29 is 22.9 Å². The largest absolute Gasteiger partial charge is 0.361 e. The Morgan fingerprint density at radius 1 is 1.39 bits per heavy atom. The van der Waals surface area contributed by atoms with E-state index in [4.69, 9.17) is 16.1 Å². The van der Waals surface area contributed by atoms with Crippen molar-refractivity contribution in [2.24, 2.45) is 0 Å². The summed E-state index contributed by atoms with van der Waals surface area (Å²) in [5, 5.41) is 5.92. The van der Waals surface area contributed by atoms with Crippen LogP contribution < -0.4 is 5.32 Å². The number of hydrogen-bond donors (Lipinski definition) is 1. The molecule has 1 aliphatic rings. The summed E-state index contributed by atoms with van der Waals surface area (Å²) >= 11 is 5.39. The van der Waals surface area contributed by atoms with Crippen LogP contribution in [0.2, 0.25) is 5.02 Å². The highest BCUT2D eigenvalue weighted by molar-refractivity contribution is 6.30. The van der Waals surface area contributed by atoms with Gasteiger partial charge in [0, 0.05) is 35.8 Å². The van der Waals surface area contributed by atoms with E-state index in [0.717, 1.165) is 37.2 Å². The molecule has 28 heavy (non-hydrogen) atoms. The van der Waals surface area contributed by atoms with Crippen molar-refractivity contribution in [1.29, 1.82) is 0 Å². The van der Waals surface area contributed by atoms with Crippen LogP contribution in [0.15, 0.2) is 22.7 Å². The van der Waals surface area contributed by atoms with Crippen LogP contribution in [-0.4, -0.2) is 35.0 Å². The van der Waals surface area contributed by atoms with Gasteiger partial charge in [0.25, 0.3) is 0 Å². The Morgan fingerprint density at radius 2 is 2.07 bits per heavy atom. The van der Waals surface area contributed by atoms with Crippen molar-refractivity contribution in [3.05, 3.63) is 51.9 Å². The highest BCUT2D eigenvalue weighted by Gasteiger charge is 2.25. The van der Waals surface area contributed by atoms with Crippen LogP contribution in [0.5, 0.6) is 0 Å². The van der Waals surface area contributed by atoms with E-state index in [0.29, 0.717) is 24.6 Å². The van der Waals surface area contributed by atoms with Crippen molar-refractivity contribution in [2.75, 3.05) is 6.54 Å². The molecule has 1 aliphatic heterocycles. The van der Waals surface area contributed by atoms with Gasteiger partial charge in [0.1, 0.15) is 17.4 Å². The molecule has 1 unspecified atom stereocenters. The SMILES string of the molecule is Cc1cc(CC(=O)N2CCCC2C)on1.O=CNCc1c(F)cc(Cl)cc1F. The van der Waals surface area contributed by atoms with Gasteiger partial charge in [-0.2, -0.15) is 0 Å². The van der Waals surface area contributed by atoms with Gasteiger partial charge in [-0.25, -0.2) is 8.78 Å². The third-order valence-corrected chi connectivity index (χ3v) is 4.56. The molecule has 2 heterocycles. The fraction of sp³-hybridized carbons (Fsp3) is 0.421. The van der Waals surface area contributed by atoms with E-state index in [-0.39, 0.29) is 23.0 Å². The van der Waals surface area contributed by atoms with Crippen molar-refractivity contribution in [3.63, 3.8) is 0 Å². The fourth-order valence-electron chi connectivity index (χ4n) is 2.94. The minimum atomic E-state index is -0.764. The molecular weight excluding hydrogens is 392 g/mol. The Hall–Kier alpha value is -2.48. The molecule has 1 aromatic heterocycles. The van der Waals surface area contributed by atoms with Crippen LogP contribution in [0.4, 0.5) is 8.78 Å². The summed E-state index contributed by atoms with van der Waals surface area (Å²) in [5.41, 5.74) is 0.628. The predicted molar refractivity (Wildman–Crippen MR) is 99.6 cm³/mol. The van der Waals surface area contributed by atoms with Gasteiger partial charge in [0.15, 0.2) is 0 Å². The molecule has 0 bridgehead atoms. The van der Waals surface area contributed by atoms with E-state index in [2.05, 4.69) is 17.4 Å². The molecule has 9 heteroatoms. The molecule has 1 saturated heterocycles. The molecule has 1 fully saturated rings. The first-order valence-electron chi connectivity index (χ1n) is 8.84. The first-order valence-corrected chi connectivity index (χ1v) is 9.21. The minimum Gasteiger partial charge on any atom is -0.361 e. The molecule has 0 radical (unpaired) electrons. The number of nitrogens with one attached hydrogen (secondary N) is 1. The summed E-state index contributed by atoms with van der Waals surface area (Å²) in [7, 11) is 0. The number of likely N-dealkylation sites (tertiary alicyclic amines) is 1. The molecular formula is C19H22ClF2N3O3. The second-order valence-corrected chi connectivity index (χ2v) is 6.97. The molecule has 6 nitrogen and oxygen atoms in total. The molecule has 0 saturated carbocycles. The first-order chi connectivity index (χ1) is 13.3. The Bertz CT molecular complexity index is 806. The average Bonchev–Trinajstić information content (AvgIpc) is 3.22. The second kappa shape index (κ2) is 10.2. The zero-order chi connectivity index (χ0) is 20.7. The topological polar surface area (TPSA) is 75.4 Å². The van der Waals surface area contributed by atoms with Gasteiger partial charge >= 0.3 is 0 Å². The van der Waals surface area contributed by atoms with E-state index in [9.17, 15) is 18.4 Å². The first kappa shape index (κ1) is 21.8. The quantitative estimate of drug-likeness (QED) is 0.762. The zero-order valence-electron chi connectivity index (χ0n) is 15.7. The maximum absolute atomic E-state index is 13.0.